The average molecular weight is 380 g/mol. The Bertz CT molecular complexity index is 802. The van der Waals surface area contributed by atoms with Crippen molar-refractivity contribution in [3.63, 3.8) is 0 Å². The van der Waals surface area contributed by atoms with Gasteiger partial charge in [-0.25, -0.2) is 0 Å². The number of hydrogen-bond acceptors (Lipinski definition) is 2. The first kappa shape index (κ1) is 20.4. The van der Waals surface area contributed by atoms with E-state index in [0.717, 1.165) is 17.0 Å². The number of amides is 2. The lowest BCUT2D eigenvalue weighted by molar-refractivity contribution is -0.907. The Hall–Kier alpha value is -2.87. The normalized spacial score (nSPS) is 13.7. The van der Waals surface area contributed by atoms with Gasteiger partial charge in [-0.15, -0.1) is 0 Å². The Balaban J connectivity index is 1.96. The number of nitrogens with two attached hydrogens (primary N) is 1. The summed E-state index contributed by atoms with van der Waals surface area (Å²) in [7, 11) is 1.79. The molecule has 0 spiro atoms. The number of carbonyl (C=O) groups is 2. The van der Waals surface area contributed by atoms with Crippen molar-refractivity contribution in [2.45, 2.75) is 25.7 Å². The van der Waals surface area contributed by atoms with Crippen LogP contribution in [0.2, 0.25) is 0 Å². The van der Waals surface area contributed by atoms with Crippen LogP contribution in [0, 0.1) is 0 Å². The van der Waals surface area contributed by atoms with Crippen molar-refractivity contribution in [3.05, 3.63) is 65.2 Å². The molecule has 144 valence electrons. The minimum Gasteiger partial charge on any atom is -0.366 e. The Morgan fingerprint density at radius 1 is 1.07 bits per heavy atom. The van der Waals surface area contributed by atoms with E-state index < -0.39 is 23.7 Å². The summed E-state index contributed by atoms with van der Waals surface area (Å²) in [6.45, 7) is 2.12. The number of carbonyl (C=O) groups excluding carboxylic acids is 2. The highest BCUT2D eigenvalue weighted by atomic mass is 19.4. The van der Waals surface area contributed by atoms with Crippen LogP contribution < -0.4 is 16.0 Å². The highest BCUT2D eigenvalue weighted by molar-refractivity contribution is 5.95. The number of rotatable bonds is 6. The highest BCUT2D eigenvalue weighted by Gasteiger charge is 2.30. The number of likely N-dealkylation sites (N-methyl/N-ethyl adjacent to an activating group) is 1. The third kappa shape index (κ3) is 5.55. The van der Waals surface area contributed by atoms with E-state index in [9.17, 15) is 22.8 Å². The van der Waals surface area contributed by atoms with Gasteiger partial charge in [-0.3, -0.25) is 9.59 Å². The fourth-order valence-electron chi connectivity index (χ4n) is 2.48. The summed E-state index contributed by atoms with van der Waals surface area (Å²) in [4.78, 5) is 24.2. The van der Waals surface area contributed by atoms with E-state index in [0.29, 0.717) is 23.4 Å². The summed E-state index contributed by atoms with van der Waals surface area (Å²) in [6, 6.07) is 10.7. The Morgan fingerprint density at radius 3 is 2.11 bits per heavy atom. The number of primary amides is 1. The lowest BCUT2D eigenvalue weighted by Crippen LogP contribution is -3.12. The maximum atomic E-state index is 12.6. The predicted octanol–water partition coefficient (Wildman–Crippen LogP) is 1.85. The zero-order chi connectivity index (χ0) is 20.2. The standard InChI is InChI=1S/C19H20F3N3O2/c1-12(18(27)24-16-9-5-14(6-10-16)17(23)26)25(2)11-13-3-7-15(8-4-13)19(20,21)22/h3-10,12H,11H2,1-2H3,(H2,23,26)(H,24,27)/p+1/t12-/m1/s1. The molecule has 2 amide bonds. The topological polar surface area (TPSA) is 76.6 Å². The number of nitrogens with one attached hydrogen (secondary N) is 2. The maximum absolute atomic E-state index is 12.6. The van der Waals surface area contributed by atoms with Crippen LogP contribution in [0.5, 0.6) is 0 Å². The molecule has 0 heterocycles. The van der Waals surface area contributed by atoms with Crippen LogP contribution in [0.25, 0.3) is 0 Å². The SMILES string of the molecule is C[C@H](C(=O)Nc1ccc(C(N)=O)cc1)[NH+](C)Cc1ccc(C(F)(F)F)cc1. The van der Waals surface area contributed by atoms with Crippen LogP contribution in [-0.2, 0) is 17.5 Å². The first-order chi connectivity index (χ1) is 12.6. The second-order valence-corrected chi connectivity index (χ2v) is 6.37. The molecule has 0 fully saturated rings. The molecule has 0 saturated carbocycles. The summed E-state index contributed by atoms with van der Waals surface area (Å²) in [5, 5.41) is 2.74. The number of halogens is 3. The van der Waals surface area contributed by atoms with Gasteiger partial charge in [0, 0.05) is 16.8 Å². The third-order valence-corrected chi connectivity index (χ3v) is 4.33. The van der Waals surface area contributed by atoms with Crippen molar-refractivity contribution in [2.24, 2.45) is 5.73 Å². The van der Waals surface area contributed by atoms with E-state index in [1.54, 1.807) is 26.1 Å². The smallest absolute Gasteiger partial charge is 0.366 e. The second kappa shape index (κ2) is 8.22. The molecule has 2 aromatic rings. The van der Waals surface area contributed by atoms with Gasteiger partial charge in [0.2, 0.25) is 5.91 Å². The quantitative estimate of drug-likeness (QED) is 0.715. The monoisotopic (exact) mass is 380 g/mol. The first-order valence-corrected chi connectivity index (χ1v) is 8.27. The average Bonchev–Trinajstić information content (AvgIpc) is 2.61. The fraction of sp³-hybridized carbons (Fsp3) is 0.263. The van der Waals surface area contributed by atoms with Crippen LogP contribution in [0.1, 0.15) is 28.4 Å². The molecule has 27 heavy (non-hydrogen) atoms. The van der Waals surface area contributed by atoms with E-state index in [4.69, 9.17) is 5.73 Å². The van der Waals surface area contributed by atoms with Crippen LogP contribution in [0.15, 0.2) is 48.5 Å². The van der Waals surface area contributed by atoms with Gasteiger partial charge in [0.15, 0.2) is 6.04 Å². The zero-order valence-corrected chi connectivity index (χ0v) is 14.9. The van der Waals surface area contributed by atoms with Gasteiger partial charge in [0.25, 0.3) is 5.91 Å². The summed E-state index contributed by atoms with van der Waals surface area (Å²) in [5.41, 5.74) is 6.03. The Morgan fingerprint density at radius 2 is 1.63 bits per heavy atom. The number of hydrogen-bond donors (Lipinski definition) is 3. The Kier molecular flexibility index (Phi) is 6.22. The van der Waals surface area contributed by atoms with E-state index >= 15 is 0 Å². The second-order valence-electron chi connectivity index (χ2n) is 6.37. The molecule has 1 unspecified atom stereocenters. The zero-order valence-electron chi connectivity index (χ0n) is 14.9. The molecule has 4 N–H and O–H groups in total. The van der Waals surface area contributed by atoms with Gasteiger partial charge >= 0.3 is 6.18 Å². The van der Waals surface area contributed by atoms with Gasteiger partial charge in [-0.2, -0.15) is 13.2 Å². The molecule has 0 aromatic heterocycles. The molecule has 2 atom stereocenters. The van der Waals surface area contributed by atoms with Crippen molar-refractivity contribution in [1.82, 2.24) is 0 Å². The van der Waals surface area contributed by atoms with Gasteiger partial charge < -0.3 is 16.0 Å². The molecular formula is C19H21F3N3O2+. The summed E-state index contributed by atoms with van der Waals surface area (Å²) >= 11 is 0. The van der Waals surface area contributed by atoms with Crippen molar-refractivity contribution in [1.29, 1.82) is 0 Å². The summed E-state index contributed by atoms with van der Waals surface area (Å²) < 4.78 is 37.8. The fourth-order valence-corrected chi connectivity index (χ4v) is 2.48. The lowest BCUT2D eigenvalue weighted by Gasteiger charge is -2.21. The maximum Gasteiger partial charge on any atom is 0.416 e. The van der Waals surface area contributed by atoms with Crippen LogP contribution in [0.3, 0.4) is 0 Å². The highest BCUT2D eigenvalue weighted by Crippen LogP contribution is 2.28. The first-order valence-electron chi connectivity index (χ1n) is 8.27. The molecule has 0 bridgehead atoms. The molecule has 2 rings (SSSR count). The number of alkyl halides is 3. The molecule has 0 radical (unpaired) electrons. The number of anilines is 1. The minimum atomic E-state index is -4.37. The molecule has 0 aliphatic rings. The van der Waals surface area contributed by atoms with Crippen molar-refractivity contribution >= 4 is 17.5 Å². The molecule has 2 aromatic carbocycles. The Labute approximate surface area is 155 Å². The van der Waals surface area contributed by atoms with Crippen molar-refractivity contribution in [3.8, 4) is 0 Å². The lowest BCUT2D eigenvalue weighted by atomic mass is 10.1. The van der Waals surface area contributed by atoms with E-state index in [1.807, 2.05) is 0 Å². The van der Waals surface area contributed by atoms with Crippen molar-refractivity contribution < 1.29 is 27.7 Å². The van der Waals surface area contributed by atoms with Gasteiger partial charge in [-0.05, 0) is 43.3 Å². The molecule has 0 aliphatic heterocycles. The molecule has 8 heteroatoms. The largest absolute Gasteiger partial charge is 0.416 e. The van der Waals surface area contributed by atoms with E-state index in [2.05, 4.69) is 5.32 Å². The molecular weight excluding hydrogens is 359 g/mol. The van der Waals surface area contributed by atoms with Crippen LogP contribution >= 0.6 is 0 Å². The molecule has 0 aliphatic carbocycles. The van der Waals surface area contributed by atoms with Gasteiger partial charge in [0.1, 0.15) is 6.54 Å². The van der Waals surface area contributed by atoms with Gasteiger partial charge in [0.05, 0.1) is 12.6 Å². The van der Waals surface area contributed by atoms with Gasteiger partial charge in [-0.1, -0.05) is 12.1 Å². The number of benzene rings is 2. The summed E-state index contributed by atoms with van der Waals surface area (Å²) in [5.74, 6) is -0.798. The molecule has 5 nitrogen and oxygen atoms in total. The minimum absolute atomic E-state index is 0.244. The summed E-state index contributed by atoms with van der Waals surface area (Å²) in [6.07, 6.45) is -4.37. The predicted molar refractivity (Wildman–Crippen MR) is 95.1 cm³/mol. The van der Waals surface area contributed by atoms with Crippen LogP contribution in [-0.4, -0.2) is 24.9 Å². The molecule has 0 saturated heterocycles. The third-order valence-electron chi connectivity index (χ3n) is 4.33. The van der Waals surface area contributed by atoms with E-state index in [-0.39, 0.29) is 5.91 Å². The van der Waals surface area contributed by atoms with Crippen molar-refractivity contribution in [2.75, 3.05) is 12.4 Å². The van der Waals surface area contributed by atoms with Crippen LogP contribution in [0.4, 0.5) is 18.9 Å². The number of quaternary nitrogens is 1. The van der Waals surface area contributed by atoms with E-state index in [1.165, 1.54) is 24.3 Å².